The van der Waals surface area contributed by atoms with Crippen LogP contribution in [0.15, 0.2) is 53.6 Å². The van der Waals surface area contributed by atoms with Gasteiger partial charge in [-0.2, -0.15) is 5.10 Å². The monoisotopic (exact) mass is 306 g/mol. The Morgan fingerprint density at radius 3 is 2.74 bits per heavy atom. The van der Waals surface area contributed by atoms with E-state index in [1.165, 1.54) is 5.56 Å². The number of nitrogens with zero attached hydrogens (tertiary/aromatic N) is 2. The molecule has 0 saturated carbocycles. The average Bonchev–Trinajstić information content (AvgIpc) is 2.96. The molecule has 2 atom stereocenters. The lowest BCUT2D eigenvalue weighted by atomic mass is 9.77. The number of hydrogen-bond donors (Lipinski definition) is 1. The summed E-state index contributed by atoms with van der Waals surface area (Å²) < 4.78 is 0. The molecule has 0 fully saturated rings. The number of benzene rings is 2. The predicted octanol–water partition coefficient (Wildman–Crippen LogP) is 3.26. The quantitative estimate of drug-likeness (QED) is 0.879. The Balaban J connectivity index is 1.83. The molecule has 2 aromatic carbocycles. The van der Waals surface area contributed by atoms with Crippen LogP contribution in [0.2, 0.25) is 0 Å². The maximum Gasteiger partial charge on any atom is 0.240 e. The number of aryl methyl sites for hydroxylation is 1. The molecule has 1 aliphatic carbocycles. The van der Waals surface area contributed by atoms with Crippen LogP contribution in [0, 0.1) is 5.92 Å². The molecular weight excluding hydrogens is 288 g/mol. The summed E-state index contributed by atoms with van der Waals surface area (Å²) >= 11 is 0. The second-order valence-corrected chi connectivity index (χ2v) is 6.19. The number of phenols is 1. The van der Waals surface area contributed by atoms with Gasteiger partial charge < -0.3 is 5.11 Å². The van der Waals surface area contributed by atoms with Crippen molar-refractivity contribution in [3.05, 3.63) is 65.2 Å². The molecule has 2 aromatic rings. The Morgan fingerprint density at radius 1 is 1.22 bits per heavy atom. The van der Waals surface area contributed by atoms with E-state index in [1.54, 1.807) is 24.1 Å². The molecule has 23 heavy (non-hydrogen) atoms. The number of carbonyl (C=O) groups is 1. The van der Waals surface area contributed by atoms with Crippen molar-refractivity contribution < 1.29 is 9.90 Å². The highest BCUT2D eigenvalue weighted by Crippen LogP contribution is 2.43. The number of rotatable bonds is 1. The minimum atomic E-state index is -0.0563. The summed E-state index contributed by atoms with van der Waals surface area (Å²) in [6, 6.07) is 15.5. The number of carbonyl (C=O) groups excluding carboxylic acids is 1. The molecular formula is C19H18N2O2. The van der Waals surface area contributed by atoms with Gasteiger partial charge in [0.2, 0.25) is 5.91 Å². The molecule has 1 N–H and O–H groups in total. The summed E-state index contributed by atoms with van der Waals surface area (Å²) in [6.07, 6.45) is 1.90. The molecule has 1 aliphatic heterocycles. The molecule has 0 aromatic heterocycles. The fourth-order valence-corrected chi connectivity index (χ4v) is 3.74. The molecule has 116 valence electrons. The fourth-order valence-electron chi connectivity index (χ4n) is 3.74. The van der Waals surface area contributed by atoms with Crippen molar-refractivity contribution in [2.45, 2.75) is 25.8 Å². The Hall–Kier alpha value is -2.62. The van der Waals surface area contributed by atoms with Gasteiger partial charge in [-0.25, -0.2) is 5.01 Å². The Morgan fingerprint density at radius 2 is 2.00 bits per heavy atom. The van der Waals surface area contributed by atoms with Gasteiger partial charge in [0.15, 0.2) is 0 Å². The number of aromatic hydroxyl groups is 1. The second-order valence-electron chi connectivity index (χ2n) is 6.19. The number of amides is 1. The first-order valence-corrected chi connectivity index (χ1v) is 7.90. The zero-order valence-electron chi connectivity index (χ0n) is 12.9. The summed E-state index contributed by atoms with van der Waals surface area (Å²) in [5.74, 6) is 0.364. The van der Waals surface area contributed by atoms with E-state index in [4.69, 9.17) is 0 Å². The van der Waals surface area contributed by atoms with Crippen LogP contribution in [0.5, 0.6) is 5.75 Å². The highest BCUT2D eigenvalue weighted by Gasteiger charge is 2.42. The molecule has 0 radical (unpaired) electrons. The molecule has 1 amide bonds. The summed E-state index contributed by atoms with van der Waals surface area (Å²) in [6.45, 7) is 1.56. The molecule has 4 heteroatoms. The second kappa shape index (κ2) is 5.23. The van der Waals surface area contributed by atoms with Crippen molar-refractivity contribution >= 4 is 11.6 Å². The van der Waals surface area contributed by atoms with Crippen molar-refractivity contribution in [3.63, 3.8) is 0 Å². The smallest absolute Gasteiger partial charge is 0.240 e. The van der Waals surface area contributed by atoms with Gasteiger partial charge in [-0.3, -0.25) is 4.79 Å². The van der Waals surface area contributed by atoms with Gasteiger partial charge in [0.1, 0.15) is 5.75 Å². The number of hydrogen-bond acceptors (Lipinski definition) is 3. The van der Waals surface area contributed by atoms with E-state index in [9.17, 15) is 9.90 Å². The topological polar surface area (TPSA) is 52.9 Å². The zero-order chi connectivity index (χ0) is 16.0. The van der Waals surface area contributed by atoms with Gasteiger partial charge in [-0.1, -0.05) is 36.4 Å². The molecule has 4 rings (SSSR count). The van der Waals surface area contributed by atoms with E-state index < -0.39 is 0 Å². The summed E-state index contributed by atoms with van der Waals surface area (Å²) in [5.41, 5.74) is 4.20. The predicted molar refractivity (Wildman–Crippen MR) is 88.2 cm³/mol. The first kappa shape index (κ1) is 14.0. The van der Waals surface area contributed by atoms with Crippen LogP contribution in [-0.4, -0.2) is 21.7 Å². The Bertz CT molecular complexity index is 798. The van der Waals surface area contributed by atoms with Gasteiger partial charge in [0.25, 0.3) is 0 Å². The third kappa shape index (κ3) is 2.22. The Kier molecular flexibility index (Phi) is 3.18. The average molecular weight is 306 g/mol. The van der Waals surface area contributed by atoms with Crippen molar-refractivity contribution in [1.82, 2.24) is 5.01 Å². The lowest BCUT2D eigenvalue weighted by Gasteiger charge is -2.29. The minimum absolute atomic E-state index is 0.0533. The van der Waals surface area contributed by atoms with Crippen LogP contribution >= 0.6 is 0 Å². The van der Waals surface area contributed by atoms with Gasteiger partial charge in [0, 0.05) is 18.4 Å². The largest absolute Gasteiger partial charge is 0.508 e. The molecule has 0 unspecified atom stereocenters. The Labute approximate surface area is 135 Å². The third-order valence-electron chi connectivity index (χ3n) is 4.77. The molecule has 1 heterocycles. The van der Waals surface area contributed by atoms with Crippen molar-refractivity contribution in [2.24, 2.45) is 11.0 Å². The molecule has 0 saturated heterocycles. The lowest BCUT2D eigenvalue weighted by molar-refractivity contribution is -0.131. The molecule has 4 nitrogen and oxygen atoms in total. The van der Waals surface area contributed by atoms with Crippen LogP contribution in [0.25, 0.3) is 0 Å². The van der Waals surface area contributed by atoms with Gasteiger partial charge in [-0.15, -0.1) is 0 Å². The van der Waals surface area contributed by atoms with Crippen molar-refractivity contribution in [3.8, 4) is 5.75 Å². The van der Waals surface area contributed by atoms with E-state index >= 15 is 0 Å². The third-order valence-corrected chi connectivity index (χ3v) is 4.77. The van der Waals surface area contributed by atoms with Gasteiger partial charge >= 0.3 is 0 Å². The normalized spacial score (nSPS) is 22.3. The van der Waals surface area contributed by atoms with E-state index in [2.05, 4.69) is 17.2 Å². The van der Waals surface area contributed by atoms with Crippen LogP contribution in [-0.2, 0) is 11.2 Å². The number of hydrazone groups is 1. The van der Waals surface area contributed by atoms with E-state index in [-0.39, 0.29) is 23.6 Å². The van der Waals surface area contributed by atoms with E-state index in [0.29, 0.717) is 0 Å². The van der Waals surface area contributed by atoms with Crippen LogP contribution in [0.1, 0.15) is 36.1 Å². The van der Waals surface area contributed by atoms with Crippen LogP contribution in [0.4, 0.5) is 0 Å². The molecule has 0 bridgehead atoms. The zero-order valence-corrected chi connectivity index (χ0v) is 12.9. The van der Waals surface area contributed by atoms with Gasteiger partial charge in [0.05, 0.1) is 11.8 Å². The minimum Gasteiger partial charge on any atom is -0.508 e. The van der Waals surface area contributed by atoms with E-state index in [0.717, 1.165) is 29.7 Å². The van der Waals surface area contributed by atoms with Crippen molar-refractivity contribution in [2.75, 3.05) is 0 Å². The molecule has 2 aliphatic rings. The fraction of sp³-hybridized carbons (Fsp3) is 0.263. The van der Waals surface area contributed by atoms with Crippen LogP contribution < -0.4 is 0 Å². The lowest BCUT2D eigenvalue weighted by Crippen LogP contribution is -2.30. The number of phenolic OH excluding ortho intramolecular Hbond substituents is 1. The van der Waals surface area contributed by atoms with Crippen molar-refractivity contribution in [1.29, 1.82) is 0 Å². The number of fused-ring (bicyclic) bond motifs is 3. The highest BCUT2D eigenvalue weighted by atomic mass is 16.3. The molecule has 0 spiro atoms. The maximum absolute atomic E-state index is 12.1. The van der Waals surface area contributed by atoms with Gasteiger partial charge in [-0.05, 0) is 36.1 Å². The maximum atomic E-state index is 12.1. The van der Waals surface area contributed by atoms with E-state index in [1.807, 2.05) is 24.3 Å². The summed E-state index contributed by atoms with van der Waals surface area (Å²) in [4.78, 5) is 12.1. The SMILES string of the molecule is CC(=O)N1N=C2c3cc(O)ccc3CC[C@@H]2[C@H]1c1ccccc1. The standard InChI is InChI=1S/C19H18N2O2/c1-12(22)21-19(14-5-3-2-4-6-14)16-10-8-13-7-9-15(23)11-17(13)18(16)20-21/h2-7,9,11,16,19,23H,8,10H2,1H3/t16-,19+/m0/s1. The summed E-state index contributed by atoms with van der Waals surface area (Å²) in [5, 5.41) is 16.1. The summed E-state index contributed by atoms with van der Waals surface area (Å²) in [7, 11) is 0. The highest BCUT2D eigenvalue weighted by molar-refractivity contribution is 6.07. The van der Waals surface area contributed by atoms with Crippen LogP contribution in [0.3, 0.4) is 0 Å². The first-order valence-electron chi connectivity index (χ1n) is 7.90. The first-order chi connectivity index (χ1) is 11.1.